The van der Waals surface area contributed by atoms with Crippen LogP contribution >= 0.6 is 0 Å². The van der Waals surface area contributed by atoms with E-state index in [4.69, 9.17) is 4.74 Å². The maximum absolute atomic E-state index is 12.1. The first-order chi connectivity index (χ1) is 12.6. The van der Waals surface area contributed by atoms with Crippen molar-refractivity contribution in [2.24, 2.45) is 0 Å². The van der Waals surface area contributed by atoms with Gasteiger partial charge in [0.25, 0.3) is 11.6 Å². The number of fused-ring (bicyclic) bond motifs is 1. The highest BCUT2D eigenvalue weighted by molar-refractivity contribution is 5.94. The van der Waals surface area contributed by atoms with E-state index in [1.54, 1.807) is 0 Å². The summed E-state index contributed by atoms with van der Waals surface area (Å²) in [5, 5.41) is 13.4. The Bertz CT molecular complexity index is 934. The van der Waals surface area contributed by atoms with Crippen LogP contribution in [-0.4, -0.2) is 33.4 Å². The molecule has 3 rings (SSSR count). The van der Waals surface area contributed by atoms with Crippen LogP contribution in [0, 0.1) is 10.1 Å². The Morgan fingerprint density at radius 2 is 2.08 bits per heavy atom. The van der Waals surface area contributed by atoms with Gasteiger partial charge in [0.15, 0.2) is 11.4 Å². The molecule has 0 saturated carbocycles. The molecule has 0 saturated heterocycles. The summed E-state index contributed by atoms with van der Waals surface area (Å²) in [5.41, 5.74) is 1.91. The number of ether oxygens (including phenoxy) is 1. The zero-order chi connectivity index (χ0) is 18.5. The summed E-state index contributed by atoms with van der Waals surface area (Å²) in [7, 11) is 0. The highest BCUT2D eigenvalue weighted by Gasteiger charge is 2.10. The summed E-state index contributed by atoms with van der Waals surface area (Å²) in [6.45, 7) is 2.89. The van der Waals surface area contributed by atoms with Gasteiger partial charge in [0.1, 0.15) is 0 Å². The lowest BCUT2D eigenvalue weighted by Crippen LogP contribution is -2.25. The number of non-ortho nitro benzene ring substituents is 1. The van der Waals surface area contributed by atoms with E-state index in [9.17, 15) is 14.9 Å². The van der Waals surface area contributed by atoms with Crippen LogP contribution < -0.4 is 10.1 Å². The van der Waals surface area contributed by atoms with Gasteiger partial charge in [0.05, 0.1) is 17.2 Å². The van der Waals surface area contributed by atoms with Gasteiger partial charge < -0.3 is 14.5 Å². The van der Waals surface area contributed by atoms with E-state index in [1.807, 2.05) is 35.9 Å². The molecular weight excluding hydrogens is 336 g/mol. The molecule has 1 amide bonds. The number of hydrogen-bond donors (Lipinski definition) is 1. The highest BCUT2D eigenvalue weighted by Crippen LogP contribution is 2.19. The van der Waals surface area contributed by atoms with Crippen molar-refractivity contribution >= 4 is 17.2 Å². The first kappa shape index (κ1) is 17.4. The van der Waals surface area contributed by atoms with Crippen molar-refractivity contribution in [3.8, 4) is 5.75 Å². The molecule has 0 aliphatic carbocycles. The Balaban J connectivity index is 1.60. The summed E-state index contributed by atoms with van der Waals surface area (Å²) in [5.74, 6) is 0.440. The van der Waals surface area contributed by atoms with Gasteiger partial charge in [-0.3, -0.25) is 14.9 Å². The number of nitrogens with one attached hydrogen (secondary N) is 1. The monoisotopic (exact) mass is 354 g/mol. The third-order valence-corrected chi connectivity index (χ3v) is 3.80. The van der Waals surface area contributed by atoms with E-state index >= 15 is 0 Å². The molecule has 0 atom stereocenters. The van der Waals surface area contributed by atoms with Crippen LogP contribution in [0.4, 0.5) is 5.69 Å². The fourth-order valence-corrected chi connectivity index (χ4v) is 2.57. The zero-order valence-electron chi connectivity index (χ0n) is 14.2. The van der Waals surface area contributed by atoms with Gasteiger partial charge in [-0.25, -0.2) is 4.98 Å². The molecule has 0 spiro atoms. The predicted molar refractivity (Wildman–Crippen MR) is 95.5 cm³/mol. The standard InChI is InChI=1S/C18H18N4O4/c1-2-26-16-4-3-11-21-12-14(20-17(16)21)9-10-19-18(23)13-5-7-15(8-6-13)22(24)25/h3-8,11-12H,2,9-10H2,1H3,(H,19,23). The molecule has 0 aliphatic rings. The third kappa shape index (κ3) is 3.80. The minimum Gasteiger partial charge on any atom is -0.490 e. The average molecular weight is 354 g/mol. The minimum absolute atomic E-state index is 0.0450. The van der Waals surface area contributed by atoms with Gasteiger partial charge in [-0.05, 0) is 31.2 Å². The summed E-state index contributed by atoms with van der Waals surface area (Å²) in [4.78, 5) is 26.8. The van der Waals surface area contributed by atoms with Gasteiger partial charge in [-0.1, -0.05) is 0 Å². The van der Waals surface area contributed by atoms with E-state index in [1.165, 1.54) is 24.3 Å². The van der Waals surface area contributed by atoms with Crippen molar-refractivity contribution in [1.29, 1.82) is 0 Å². The van der Waals surface area contributed by atoms with Crippen LogP contribution in [0.15, 0.2) is 48.8 Å². The first-order valence-electron chi connectivity index (χ1n) is 8.20. The van der Waals surface area contributed by atoms with E-state index in [0.717, 1.165) is 17.1 Å². The van der Waals surface area contributed by atoms with E-state index in [2.05, 4.69) is 10.3 Å². The summed E-state index contributed by atoms with van der Waals surface area (Å²) < 4.78 is 7.45. The Labute approximate surface area is 149 Å². The molecule has 0 aliphatic heterocycles. The van der Waals surface area contributed by atoms with Gasteiger partial charge in [0, 0.05) is 43.1 Å². The Kier molecular flexibility index (Phi) is 5.12. The normalized spacial score (nSPS) is 10.7. The van der Waals surface area contributed by atoms with Crippen molar-refractivity contribution in [3.63, 3.8) is 0 Å². The fraction of sp³-hybridized carbons (Fsp3) is 0.222. The third-order valence-electron chi connectivity index (χ3n) is 3.80. The van der Waals surface area contributed by atoms with E-state index in [0.29, 0.717) is 25.1 Å². The van der Waals surface area contributed by atoms with Crippen LogP contribution in [-0.2, 0) is 6.42 Å². The topological polar surface area (TPSA) is 98.8 Å². The van der Waals surface area contributed by atoms with Crippen LogP contribution in [0.2, 0.25) is 0 Å². The highest BCUT2D eigenvalue weighted by atomic mass is 16.6. The smallest absolute Gasteiger partial charge is 0.269 e. The lowest BCUT2D eigenvalue weighted by molar-refractivity contribution is -0.384. The molecule has 1 aromatic carbocycles. The average Bonchev–Trinajstić information content (AvgIpc) is 3.06. The number of carbonyl (C=O) groups is 1. The second-order valence-corrected chi connectivity index (χ2v) is 5.58. The molecule has 8 heteroatoms. The fourth-order valence-electron chi connectivity index (χ4n) is 2.57. The largest absolute Gasteiger partial charge is 0.490 e. The number of pyridine rings is 1. The number of carbonyl (C=O) groups excluding carboxylic acids is 1. The van der Waals surface area contributed by atoms with Crippen LogP contribution in [0.25, 0.3) is 5.65 Å². The van der Waals surface area contributed by atoms with E-state index < -0.39 is 4.92 Å². The number of nitro groups is 1. The lowest BCUT2D eigenvalue weighted by atomic mass is 10.2. The Hall–Kier alpha value is -3.42. The number of imidazole rings is 1. The lowest BCUT2D eigenvalue weighted by Gasteiger charge is -2.04. The van der Waals surface area contributed by atoms with Gasteiger partial charge in [-0.2, -0.15) is 0 Å². The number of rotatable bonds is 7. The predicted octanol–water partition coefficient (Wildman–Crippen LogP) is 2.61. The quantitative estimate of drug-likeness (QED) is 0.519. The maximum atomic E-state index is 12.1. The maximum Gasteiger partial charge on any atom is 0.269 e. The first-order valence-corrected chi connectivity index (χ1v) is 8.20. The Morgan fingerprint density at radius 1 is 1.31 bits per heavy atom. The molecule has 2 heterocycles. The van der Waals surface area contributed by atoms with Crippen molar-refractivity contribution < 1.29 is 14.5 Å². The van der Waals surface area contributed by atoms with Gasteiger partial charge >= 0.3 is 0 Å². The Morgan fingerprint density at radius 3 is 2.77 bits per heavy atom. The number of aromatic nitrogens is 2. The number of nitrogens with zero attached hydrogens (tertiary/aromatic N) is 3. The molecule has 2 aromatic heterocycles. The molecule has 26 heavy (non-hydrogen) atoms. The number of benzene rings is 1. The molecular formula is C18H18N4O4. The van der Waals surface area contributed by atoms with Gasteiger partial charge in [-0.15, -0.1) is 0 Å². The van der Waals surface area contributed by atoms with Crippen molar-refractivity contribution in [3.05, 3.63) is 70.2 Å². The SMILES string of the molecule is CCOc1cccn2cc(CCNC(=O)c3ccc([N+](=O)[O-])cc3)nc12. The van der Waals surface area contributed by atoms with Crippen LogP contribution in [0.1, 0.15) is 23.0 Å². The van der Waals surface area contributed by atoms with Crippen LogP contribution in [0.3, 0.4) is 0 Å². The molecule has 0 bridgehead atoms. The molecule has 0 fully saturated rings. The molecule has 1 N–H and O–H groups in total. The number of hydrogen-bond acceptors (Lipinski definition) is 5. The minimum atomic E-state index is -0.498. The van der Waals surface area contributed by atoms with Gasteiger partial charge in [0.2, 0.25) is 0 Å². The number of nitro benzene ring substituents is 1. The molecule has 0 radical (unpaired) electrons. The summed E-state index contributed by atoms with van der Waals surface area (Å²) in [6, 6.07) is 9.25. The van der Waals surface area contributed by atoms with Crippen molar-refractivity contribution in [1.82, 2.24) is 14.7 Å². The molecule has 134 valence electrons. The van der Waals surface area contributed by atoms with Crippen LogP contribution in [0.5, 0.6) is 5.75 Å². The molecule has 3 aromatic rings. The zero-order valence-corrected chi connectivity index (χ0v) is 14.2. The van der Waals surface area contributed by atoms with Crippen molar-refractivity contribution in [2.45, 2.75) is 13.3 Å². The molecule has 8 nitrogen and oxygen atoms in total. The van der Waals surface area contributed by atoms with Crippen molar-refractivity contribution in [2.75, 3.05) is 13.2 Å². The summed E-state index contributed by atoms with van der Waals surface area (Å²) >= 11 is 0. The number of amides is 1. The summed E-state index contributed by atoms with van der Waals surface area (Å²) in [6.07, 6.45) is 4.35. The second-order valence-electron chi connectivity index (χ2n) is 5.58. The van der Waals surface area contributed by atoms with E-state index in [-0.39, 0.29) is 11.6 Å². The second kappa shape index (κ2) is 7.64. The molecule has 0 unspecified atom stereocenters.